The quantitative estimate of drug-likeness (QED) is 0.861. The second-order valence-corrected chi connectivity index (χ2v) is 6.41. The summed E-state index contributed by atoms with van der Waals surface area (Å²) < 4.78 is 13.2. The lowest BCUT2D eigenvalue weighted by Crippen LogP contribution is -2.24. The molecule has 2 heteroatoms. The van der Waals surface area contributed by atoms with E-state index >= 15 is 0 Å². The Morgan fingerprint density at radius 3 is 3.06 bits per heavy atom. The summed E-state index contributed by atoms with van der Waals surface area (Å²) in [7, 11) is 0. The molecule has 1 aromatic carbocycles. The first-order valence-electron chi connectivity index (χ1n) is 7.11. The minimum atomic E-state index is -0.0825. The predicted molar refractivity (Wildman–Crippen MR) is 72.2 cm³/mol. The molecule has 0 amide bonds. The molecule has 1 saturated carbocycles. The molecule has 1 fully saturated rings. The second-order valence-electron chi connectivity index (χ2n) is 6.41. The first-order chi connectivity index (χ1) is 8.62. The molecule has 98 valence electrons. The van der Waals surface area contributed by atoms with Gasteiger partial charge in [0.05, 0.1) is 0 Å². The summed E-state index contributed by atoms with van der Waals surface area (Å²) in [6.07, 6.45) is 3.57. The van der Waals surface area contributed by atoms with Crippen LogP contribution >= 0.6 is 0 Å². The molecule has 1 nitrogen and oxygen atoms in total. The van der Waals surface area contributed by atoms with E-state index in [0.717, 1.165) is 25.4 Å². The lowest BCUT2D eigenvalue weighted by molar-refractivity contribution is 0.503. The van der Waals surface area contributed by atoms with Gasteiger partial charge in [0, 0.05) is 5.41 Å². The summed E-state index contributed by atoms with van der Waals surface area (Å²) in [4.78, 5) is 0. The number of fused-ring (bicyclic) bond motifs is 2. The second kappa shape index (κ2) is 4.34. The fraction of sp³-hybridized carbons (Fsp3) is 0.625. The fourth-order valence-electron chi connectivity index (χ4n) is 3.58. The predicted octanol–water partition coefficient (Wildman–Crippen LogP) is 3.28. The van der Waals surface area contributed by atoms with Gasteiger partial charge >= 0.3 is 0 Å². The van der Waals surface area contributed by atoms with Gasteiger partial charge in [-0.3, -0.25) is 0 Å². The van der Waals surface area contributed by atoms with Crippen molar-refractivity contribution in [2.75, 3.05) is 13.1 Å². The Morgan fingerprint density at radius 1 is 1.44 bits per heavy atom. The van der Waals surface area contributed by atoms with Gasteiger partial charge < -0.3 is 5.32 Å². The van der Waals surface area contributed by atoms with E-state index in [1.807, 2.05) is 6.07 Å². The Balaban J connectivity index is 1.67. The van der Waals surface area contributed by atoms with Crippen molar-refractivity contribution in [3.05, 3.63) is 35.1 Å². The van der Waals surface area contributed by atoms with Crippen LogP contribution < -0.4 is 5.32 Å². The highest BCUT2D eigenvalue weighted by molar-refractivity contribution is 5.45. The van der Waals surface area contributed by atoms with Crippen molar-refractivity contribution in [3.63, 3.8) is 0 Å². The lowest BCUT2D eigenvalue weighted by atomic mass is 9.95. The maximum Gasteiger partial charge on any atom is 0.123 e. The Kier molecular flexibility index (Phi) is 2.93. The molecule has 0 radical (unpaired) electrons. The van der Waals surface area contributed by atoms with Crippen LogP contribution in [0.2, 0.25) is 0 Å². The number of nitrogens with one attached hydrogen (secondary N) is 1. The van der Waals surface area contributed by atoms with Gasteiger partial charge in [-0.15, -0.1) is 0 Å². The van der Waals surface area contributed by atoms with E-state index in [1.165, 1.54) is 24.0 Å². The SMILES string of the molecule is CC(C)CNCC1CC12CCc1cc(F)ccc12. The van der Waals surface area contributed by atoms with Crippen LogP contribution in [-0.2, 0) is 11.8 Å². The third-order valence-corrected chi connectivity index (χ3v) is 4.62. The zero-order valence-corrected chi connectivity index (χ0v) is 11.3. The van der Waals surface area contributed by atoms with Gasteiger partial charge in [-0.1, -0.05) is 19.9 Å². The van der Waals surface area contributed by atoms with Crippen LogP contribution in [0, 0.1) is 17.7 Å². The molecule has 0 aliphatic heterocycles. The van der Waals surface area contributed by atoms with Gasteiger partial charge in [-0.25, -0.2) is 4.39 Å². The van der Waals surface area contributed by atoms with Crippen LogP contribution in [0.3, 0.4) is 0 Å². The highest BCUT2D eigenvalue weighted by Gasteiger charge is 2.57. The van der Waals surface area contributed by atoms with Crippen molar-refractivity contribution in [1.82, 2.24) is 5.32 Å². The molecule has 1 aromatic rings. The fourth-order valence-corrected chi connectivity index (χ4v) is 3.58. The molecule has 1 N–H and O–H groups in total. The van der Waals surface area contributed by atoms with Gasteiger partial charge in [0.2, 0.25) is 0 Å². The highest BCUT2D eigenvalue weighted by atomic mass is 19.1. The van der Waals surface area contributed by atoms with Gasteiger partial charge in [-0.2, -0.15) is 0 Å². The third kappa shape index (κ3) is 1.97. The normalized spacial score (nSPS) is 29.0. The molecule has 2 aliphatic carbocycles. The topological polar surface area (TPSA) is 12.0 Å². The minimum absolute atomic E-state index is 0.0825. The zero-order valence-electron chi connectivity index (χ0n) is 11.3. The Morgan fingerprint density at radius 2 is 2.28 bits per heavy atom. The molecule has 0 heterocycles. The number of rotatable bonds is 4. The Bertz CT molecular complexity index is 454. The van der Waals surface area contributed by atoms with Crippen molar-refractivity contribution < 1.29 is 4.39 Å². The van der Waals surface area contributed by atoms with E-state index < -0.39 is 0 Å². The van der Waals surface area contributed by atoms with Crippen molar-refractivity contribution in [1.29, 1.82) is 0 Å². The molecular weight excluding hydrogens is 225 g/mol. The monoisotopic (exact) mass is 247 g/mol. The van der Waals surface area contributed by atoms with E-state index in [2.05, 4.69) is 19.2 Å². The molecule has 2 unspecified atom stereocenters. The van der Waals surface area contributed by atoms with Crippen LogP contribution in [0.15, 0.2) is 18.2 Å². The number of benzene rings is 1. The molecule has 1 spiro atoms. The summed E-state index contributed by atoms with van der Waals surface area (Å²) >= 11 is 0. The largest absolute Gasteiger partial charge is 0.316 e. The molecule has 0 saturated heterocycles. The molecule has 2 aliphatic rings. The van der Waals surface area contributed by atoms with Crippen molar-refractivity contribution in [3.8, 4) is 0 Å². The summed E-state index contributed by atoms with van der Waals surface area (Å²) in [5.74, 6) is 1.40. The maximum absolute atomic E-state index is 13.2. The van der Waals surface area contributed by atoms with E-state index in [9.17, 15) is 4.39 Å². The molecule has 18 heavy (non-hydrogen) atoms. The van der Waals surface area contributed by atoms with Crippen LogP contribution in [0.5, 0.6) is 0 Å². The minimum Gasteiger partial charge on any atom is -0.316 e. The van der Waals surface area contributed by atoms with Gasteiger partial charge in [0.25, 0.3) is 0 Å². The number of aryl methyl sites for hydroxylation is 1. The Labute approximate surface area is 109 Å². The number of hydrogen-bond donors (Lipinski definition) is 1. The molecule has 0 bridgehead atoms. The van der Waals surface area contributed by atoms with Crippen LogP contribution in [-0.4, -0.2) is 13.1 Å². The van der Waals surface area contributed by atoms with Crippen molar-refractivity contribution in [2.45, 2.75) is 38.5 Å². The standard InChI is InChI=1S/C16H22FN/c1-11(2)9-18-10-13-8-16(13)6-5-12-7-14(17)3-4-15(12)16/h3-4,7,11,13,18H,5-6,8-10H2,1-2H3. The van der Waals surface area contributed by atoms with E-state index in [1.54, 1.807) is 12.1 Å². The average Bonchev–Trinajstić information content (AvgIpc) is 2.88. The zero-order chi connectivity index (χ0) is 12.8. The lowest BCUT2D eigenvalue weighted by Gasteiger charge is -2.13. The molecule has 2 atom stereocenters. The number of hydrogen-bond acceptors (Lipinski definition) is 1. The van der Waals surface area contributed by atoms with Gasteiger partial charge in [-0.05, 0) is 67.4 Å². The first-order valence-corrected chi connectivity index (χ1v) is 7.11. The third-order valence-electron chi connectivity index (χ3n) is 4.62. The molecule has 0 aromatic heterocycles. The molecule has 3 rings (SSSR count). The summed E-state index contributed by atoms with van der Waals surface area (Å²) in [6, 6.07) is 5.39. The van der Waals surface area contributed by atoms with Crippen molar-refractivity contribution >= 4 is 0 Å². The van der Waals surface area contributed by atoms with E-state index in [0.29, 0.717) is 11.3 Å². The first kappa shape index (κ1) is 12.2. The summed E-state index contributed by atoms with van der Waals surface area (Å²) in [6.45, 7) is 6.70. The van der Waals surface area contributed by atoms with Gasteiger partial charge in [0.15, 0.2) is 0 Å². The average molecular weight is 247 g/mol. The van der Waals surface area contributed by atoms with Crippen LogP contribution in [0.1, 0.15) is 37.8 Å². The summed E-state index contributed by atoms with van der Waals surface area (Å²) in [5.41, 5.74) is 3.08. The highest BCUT2D eigenvalue weighted by Crippen LogP contribution is 2.61. The van der Waals surface area contributed by atoms with E-state index in [4.69, 9.17) is 0 Å². The van der Waals surface area contributed by atoms with E-state index in [-0.39, 0.29) is 5.82 Å². The van der Waals surface area contributed by atoms with Crippen LogP contribution in [0.4, 0.5) is 4.39 Å². The van der Waals surface area contributed by atoms with Gasteiger partial charge in [0.1, 0.15) is 5.82 Å². The maximum atomic E-state index is 13.2. The Hall–Kier alpha value is -0.890. The number of halogens is 1. The van der Waals surface area contributed by atoms with Crippen LogP contribution in [0.25, 0.3) is 0 Å². The summed E-state index contributed by atoms with van der Waals surface area (Å²) in [5, 5.41) is 3.57. The van der Waals surface area contributed by atoms with Crippen molar-refractivity contribution in [2.24, 2.45) is 11.8 Å². The smallest absolute Gasteiger partial charge is 0.123 e. The molecular formula is C16H22FN.